The van der Waals surface area contributed by atoms with Crippen LogP contribution in [-0.4, -0.2) is 20.1 Å². The Kier molecular flexibility index (Phi) is 8.62. The monoisotopic (exact) mass is 729 g/mol. The van der Waals surface area contributed by atoms with Crippen molar-refractivity contribution in [3.8, 4) is 84.4 Å². The summed E-state index contributed by atoms with van der Waals surface area (Å²) in [5.74, 6) is 1.74. The van der Waals surface area contributed by atoms with Gasteiger partial charge in [-0.05, 0) is 79.2 Å². The minimum atomic E-state index is 0.153. The van der Waals surface area contributed by atoms with Gasteiger partial charge in [-0.1, -0.05) is 182 Å². The first-order chi connectivity index (χ1) is 28.2. The van der Waals surface area contributed by atoms with Crippen LogP contribution in [0.15, 0.2) is 206 Å². The minimum absolute atomic E-state index is 0.153. The van der Waals surface area contributed by atoms with Crippen LogP contribution in [0.4, 0.5) is 0 Å². The lowest BCUT2D eigenvalue weighted by Gasteiger charge is -2.19. The highest BCUT2D eigenvalue weighted by Crippen LogP contribution is 2.47. The fraction of sp³-hybridized carbons (Fsp3) is 0. The van der Waals surface area contributed by atoms with Crippen LogP contribution in [0.25, 0.3) is 100 Å². The van der Waals surface area contributed by atoms with Crippen LogP contribution in [-0.2, 0) is 0 Å². The highest BCUT2D eigenvalue weighted by atomic mass is 16.3. The largest absolute Gasteiger partial charge is 0.507 e. The number of benzene rings is 9. The van der Waals surface area contributed by atoms with Gasteiger partial charge >= 0.3 is 0 Å². The molecule has 1 aromatic heterocycles. The highest BCUT2D eigenvalue weighted by Gasteiger charge is 2.23. The number of hydrogen-bond donors (Lipinski definition) is 1. The summed E-state index contributed by atoms with van der Waals surface area (Å²) in [6.07, 6.45) is 0. The lowest BCUT2D eigenvalue weighted by molar-refractivity contribution is 0.479. The van der Waals surface area contributed by atoms with Crippen LogP contribution in [0.5, 0.6) is 5.75 Å². The second kappa shape index (κ2) is 14.5. The molecule has 57 heavy (non-hydrogen) atoms. The quantitative estimate of drug-likeness (QED) is 0.166. The number of phenolic OH excluding ortho intramolecular Hbond substituents is 1. The summed E-state index contributed by atoms with van der Waals surface area (Å²) in [5, 5.41) is 17.2. The maximum Gasteiger partial charge on any atom is 0.164 e. The van der Waals surface area contributed by atoms with Gasteiger partial charge in [-0.15, -0.1) is 0 Å². The third-order valence-electron chi connectivity index (χ3n) is 10.7. The first kappa shape index (κ1) is 33.8. The van der Waals surface area contributed by atoms with Crippen molar-refractivity contribution in [2.75, 3.05) is 0 Å². The van der Waals surface area contributed by atoms with E-state index in [1.54, 1.807) is 0 Å². The SMILES string of the molecule is Oc1c(-c2cc(-c3ccccc3)ccc2-c2ccccc2)ccc(-c2nc(-c3ccccc3)nc(-c3cc4ccccc4c4ccccc34)n2)c1-c1ccccc1. The van der Waals surface area contributed by atoms with Gasteiger partial charge in [0.25, 0.3) is 0 Å². The standard InChI is InChI=1S/C53H35N3O/c57-50-45(47-33-39(35-17-5-1-6-18-35)29-30-42(47)36-19-7-2-8-20-36)31-32-46(49(50)37-21-9-3-10-22-37)52-54-51(38-23-11-4-12-24-38)55-53(56-52)48-34-40-25-13-14-26-41(40)43-27-15-16-28-44(43)48/h1-34,57H. The molecule has 0 unspecified atom stereocenters. The van der Waals surface area contributed by atoms with Crippen LogP contribution in [0.1, 0.15) is 0 Å². The molecular formula is C53H35N3O. The number of nitrogens with zero attached hydrogens (tertiary/aromatic N) is 3. The lowest BCUT2D eigenvalue weighted by atomic mass is 9.87. The summed E-state index contributed by atoms with van der Waals surface area (Å²) < 4.78 is 0. The Hall–Kier alpha value is -7.69. The van der Waals surface area contributed by atoms with Crippen LogP contribution in [0, 0.1) is 0 Å². The summed E-state index contributed by atoms with van der Waals surface area (Å²) in [4.78, 5) is 15.6. The molecule has 0 fully saturated rings. The van der Waals surface area contributed by atoms with E-state index >= 15 is 0 Å². The number of aromatic nitrogens is 3. The van der Waals surface area contributed by atoms with Crippen LogP contribution < -0.4 is 0 Å². The smallest absolute Gasteiger partial charge is 0.164 e. The Balaban J connectivity index is 1.24. The van der Waals surface area contributed by atoms with Crippen molar-refractivity contribution in [2.45, 2.75) is 0 Å². The second-order valence-electron chi connectivity index (χ2n) is 14.1. The molecule has 0 radical (unpaired) electrons. The van der Waals surface area contributed by atoms with Crippen LogP contribution >= 0.6 is 0 Å². The molecular weight excluding hydrogens is 695 g/mol. The highest BCUT2D eigenvalue weighted by molar-refractivity contribution is 6.13. The number of rotatable bonds is 7. The summed E-state index contributed by atoms with van der Waals surface area (Å²) >= 11 is 0. The van der Waals surface area contributed by atoms with Gasteiger partial charge in [0.05, 0.1) is 0 Å². The van der Waals surface area contributed by atoms with Gasteiger partial charge in [0.1, 0.15) is 5.75 Å². The van der Waals surface area contributed by atoms with Crippen LogP contribution in [0.2, 0.25) is 0 Å². The van der Waals surface area contributed by atoms with E-state index in [0.717, 1.165) is 60.7 Å². The molecule has 4 heteroatoms. The van der Waals surface area contributed by atoms with E-state index in [1.807, 2.05) is 109 Å². The molecule has 0 aliphatic rings. The molecule has 0 spiro atoms. The molecule has 0 saturated carbocycles. The third-order valence-corrected chi connectivity index (χ3v) is 10.7. The van der Waals surface area contributed by atoms with E-state index < -0.39 is 0 Å². The molecule has 1 N–H and O–H groups in total. The van der Waals surface area contributed by atoms with Crippen molar-refractivity contribution in [3.63, 3.8) is 0 Å². The van der Waals surface area contributed by atoms with Gasteiger partial charge in [-0.2, -0.15) is 0 Å². The average Bonchev–Trinajstić information content (AvgIpc) is 3.29. The van der Waals surface area contributed by atoms with Gasteiger partial charge in [0.2, 0.25) is 0 Å². The van der Waals surface area contributed by atoms with Crippen LogP contribution in [0.3, 0.4) is 0 Å². The maximum atomic E-state index is 12.7. The molecule has 268 valence electrons. The normalized spacial score (nSPS) is 11.2. The zero-order valence-electron chi connectivity index (χ0n) is 30.9. The summed E-state index contributed by atoms with van der Waals surface area (Å²) in [7, 11) is 0. The topological polar surface area (TPSA) is 58.9 Å². The second-order valence-corrected chi connectivity index (χ2v) is 14.1. The van der Waals surface area contributed by atoms with Crippen molar-refractivity contribution in [3.05, 3.63) is 206 Å². The van der Waals surface area contributed by atoms with E-state index in [0.29, 0.717) is 34.2 Å². The molecule has 0 atom stereocenters. The van der Waals surface area contributed by atoms with Crippen molar-refractivity contribution < 1.29 is 5.11 Å². The van der Waals surface area contributed by atoms with E-state index in [-0.39, 0.29) is 5.75 Å². The van der Waals surface area contributed by atoms with Crippen molar-refractivity contribution >= 4 is 21.5 Å². The van der Waals surface area contributed by atoms with E-state index in [4.69, 9.17) is 15.0 Å². The summed E-state index contributed by atoms with van der Waals surface area (Å²) in [5.41, 5.74) is 9.88. The molecule has 1 heterocycles. The Morgan fingerprint density at radius 2 is 0.772 bits per heavy atom. The molecule has 0 saturated heterocycles. The van der Waals surface area contributed by atoms with Gasteiger partial charge in [0.15, 0.2) is 17.5 Å². The molecule has 10 rings (SSSR count). The molecule has 9 aromatic carbocycles. The molecule has 0 aliphatic carbocycles. The zero-order valence-corrected chi connectivity index (χ0v) is 30.9. The molecule has 10 aromatic rings. The number of phenols is 1. The Labute approximate surface area is 331 Å². The summed E-state index contributed by atoms with van der Waals surface area (Å²) in [6, 6.07) is 70.3. The third kappa shape index (κ3) is 6.29. The lowest BCUT2D eigenvalue weighted by Crippen LogP contribution is -2.02. The van der Waals surface area contributed by atoms with Gasteiger partial charge in [0, 0.05) is 27.8 Å². The molecule has 0 bridgehead atoms. The van der Waals surface area contributed by atoms with Crippen molar-refractivity contribution in [2.24, 2.45) is 0 Å². The fourth-order valence-electron chi connectivity index (χ4n) is 7.91. The zero-order chi connectivity index (χ0) is 38.1. The Morgan fingerprint density at radius 1 is 0.281 bits per heavy atom. The predicted octanol–water partition coefficient (Wildman–Crippen LogP) is 13.6. The van der Waals surface area contributed by atoms with E-state index in [1.165, 1.54) is 5.39 Å². The van der Waals surface area contributed by atoms with Gasteiger partial charge in [-0.25, -0.2) is 15.0 Å². The van der Waals surface area contributed by atoms with Gasteiger partial charge in [-0.3, -0.25) is 0 Å². The van der Waals surface area contributed by atoms with E-state index in [2.05, 4.69) is 97.1 Å². The van der Waals surface area contributed by atoms with Gasteiger partial charge < -0.3 is 5.11 Å². The summed E-state index contributed by atoms with van der Waals surface area (Å²) in [6.45, 7) is 0. The first-order valence-electron chi connectivity index (χ1n) is 19.1. The fourth-order valence-corrected chi connectivity index (χ4v) is 7.91. The number of fused-ring (bicyclic) bond motifs is 3. The average molecular weight is 730 g/mol. The van der Waals surface area contributed by atoms with E-state index in [9.17, 15) is 5.11 Å². The Morgan fingerprint density at radius 3 is 1.46 bits per heavy atom. The van der Waals surface area contributed by atoms with Crippen molar-refractivity contribution in [1.82, 2.24) is 15.0 Å². The Bertz CT molecular complexity index is 3060. The van der Waals surface area contributed by atoms with Crippen molar-refractivity contribution in [1.29, 1.82) is 0 Å². The predicted molar refractivity (Wildman–Crippen MR) is 235 cm³/mol. The molecule has 0 amide bonds. The minimum Gasteiger partial charge on any atom is -0.507 e. The number of hydrogen-bond acceptors (Lipinski definition) is 4. The maximum absolute atomic E-state index is 12.7. The molecule has 4 nitrogen and oxygen atoms in total. The molecule has 0 aliphatic heterocycles. The first-order valence-corrected chi connectivity index (χ1v) is 19.1. The number of aromatic hydroxyl groups is 1.